The molecule has 19 heavy (non-hydrogen) atoms. The van der Waals surface area contributed by atoms with E-state index in [1.165, 1.54) is 0 Å². The molecule has 5 heteroatoms. The third kappa shape index (κ3) is 4.79. The minimum Gasteiger partial charge on any atom is -0.396 e. The smallest absolute Gasteiger partial charge is 0.168 e. The molecule has 2 heterocycles. The largest absolute Gasteiger partial charge is 0.396 e. The number of nitrogens with zero attached hydrogens (tertiary/aromatic N) is 4. The van der Waals surface area contributed by atoms with Gasteiger partial charge >= 0.3 is 0 Å². The quantitative estimate of drug-likeness (QED) is 0.569. The van der Waals surface area contributed by atoms with Crippen LogP contribution in [-0.4, -0.2) is 26.7 Å². The minimum absolute atomic E-state index is 0.198. The Morgan fingerprint density at radius 3 is 2.74 bits per heavy atom. The van der Waals surface area contributed by atoms with Crippen molar-refractivity contribution in [2.45, 2.75) is 38.8 Å². The molecule has 0 radical (unpaired) electrons. The van der Waals surface area contributed by atoms with Crippen molar-refractivity contribution in [3.05, 3.63) is 42.5 Å². The molecule has 102 valence electrons. The second-order valence-corrected chi connectivity index (χ2v) is 4.62. The molecule has 0 aliphatic heterocycles. The number of rotatable bonds is 8. The summed E-state index contributed by atoms with van der Waals surface area (Å²) in [5.41, 5.74) is 1.04. The van der Waals surface area contributed by atoms with Gasteiger partial charge in [-0.3, -0.25) is 4.68 Å². The molecule has 2 aromatic heterocycles. The fraction of sp³-hybridized carbons (Fsp3) is 0.500. The van der Waals surface area contributed by atoms with E-state index in [-0.39, 0.29) is 6.61 Å². The number of hydrogen-bond acceptors (Lipinski definition) is 3. The first-order chi connectivity index (χ1) is 9.38. The average Bonchev–Trinajstić information content (AvgIpc) is 2.90. The van der Waals surface area contributed by atoms with Gasteiger partial charge in [0.1, 0.15) is 6.54 Å². The van der Waals surface area contributed by atoms with E-state index in [0.29, 0.717) is 0 Å². The Bertz CT molecular complexity index is 469. The molecule has 0 atom stereocenters. The molecule has 0 amide bonds. The van der Waals surface area contributed by atoms with Crippen molar-refractivity contribution in [2.75, 3.05) is 6.61 Å². The summed E-state index contributed by atoms with van der Waals surface area (Å²) in [7, 11) is 0. The lowest BCUT2D eigenvalue weighted by Gasteiger charge is -1.97. The van der Waals surface area contributed by atoms with Crippen LogP contribution in [0.4, 0.5) is 0 Å². The van der Waals surface area contributed by atoms with Crippen molar-refractivity contribution in [1.29, 1.82) is 0 Å². The van der Waals surface area contributed by atoms with Gasteiger partial charge in [-0.15, -0.1) is 5.10 Å². The zero-order valence-corrected chi connectivity index (χ0v) is 11.1. The summed E-state index contributed by atoms with van der Waals surface area (Å²) < 4.78 is 4.00. The highest BCUT2D eigenvalue weighted by molar-refractivity contribution is 4.92. The highest BCUT2D eigenvalue weighted by Crippen LogP contribution is 2.01. The highest BCUT2D eigenvalue weighted by Gasteiger charge is 2.02. The Labute approximate surface area is 113 Å². The summed E-state index contributed by atoms with van der Waals surface area (Å²) in [6, 6.07) is 6.13. The van der Waals surface area contributed by atoms with Gasteiger partial charge in [0.05, 0.1) is 5.69 Å². The van der Waals surface area contributed by atoms with Crippen LogP contribution in [0.25, 0.3) is 0 Å². The first kappa shape index (κ1) is 13.7. The standard InChI is InChI=1S/C14H21N4O/c19-12-6-11-18-13-14(15-16-18)7-2-5-10-17-8-3-1-4-9-17/h1,3-4,8-9,13,19H,2,5-7,10-12H2/q+1. The van der Waals surface area contributed by atoms with Gasteiger partial charge in [-0.25, -0.2) is 4.57 Å². The Morgan fingerprint density at radius 1 is 1.11 bits per heavy atom. The molecule has 1 N–H and O–H groups in total. The second-order valence-electron chi connectivity index (χ2n) is 4.62. The van der Waals surface area contributed by atoms with Crippen molar-refractivity contribution in [2.24, 2.45) is 0 Å². The van der Waals surface area contributed by atoms with Gasteiger partial charge in [0.2, 0.25) is 0 Å². The van der Waals surface area contributed by atoms with E-state index < -0.39 is 0 Å². The topological polar surface area (TPSA) is 54.8 Å². The summed E-state index contributed by atoms with van der Waals surface area (Å²) >= 11 is 0. The number of hydrogen-bond donors (Lipinski definition) is 1. The van der Waals surface area contributed by atoms with Crippen LogP contribution in [0.1, 0.15) is 25.0 Å². The normalized spacial score (nSPS) is 10.8. The molecule has 0 aliphatic carbocycles. The maximum Gasteiger partial charge on any atom is 0.168 e. The van der Waals surface area contributed by atoms with E-state index >= 15 is 0 Å². The van der Waals surface area contributed by atoms with E-state index in [0.717, 1.165) is 44.5 Å². The molecule has 0 spiro atoms. The molecule has 2 aromatic rings. The number of pyridine rings is 1. The summed E-state index contributed by atoms with van der Waals surface area (Å²) in [6.07, 6.45) is 10.1. The van der Waals surface area contributed by atoms with E-state index in [1.54, 1.807) is 4.68 Å². The molecule has 0 aliphatic rings. The van der Waals surface area contributed by atoms with E-state index in [2.05, 4.69) is 27.3 Å². The molecule has 0 saturated heterocycles. The van der Waals surface area contributed by atoms with Crippen LogP contribution in [0.5, 0.6) is 0 Å². The number of aromatic nitrogens is 4. The number of aryl methyl sites for hydroxylation is 3. The molecule has 5 nitrogen and oxygen atoms in total. The van der Waals surface area contributed by atoms with Crippen molar-refractivity contribution >= 4 is 0 Å². The maximum absolute atomic E-state index is 8.75. The van der Waals surface area contributed by atoms with Crippen LogP contribution in [0.15, 0.2) is 36.8 Å². The molecule has 0 saturated carbocycles. The zero-order chi connectivity index (χ0) is 13.3. The zero-order valence-electron chi connectivity index (χ0n) is 11.1. The fourth-order valence-electron chi connectivity index (χ4n) is 1.98. The summed E-state index contributed by atoms with van der Waals surface area (Å²) in [5, 5.41) is 16.9. The van der Waals surface area contributed by atoms with Crippen LogP contribution in [0.2, 0.25) is 0 Å². The number of aliphatic hydroxyl groups excluding tert-OH is 1. The van der Waals surface area contributed by atoms with Crippen molar-refractivity contribution in [1.82, 2.24) is 15.0 Å². The third-order valence-corrected chi connectivity index (χ3v) is 3.01. The number of aliphatic hydroxyl groups is 1. The van der Waals surface area contributed by atoms with Crippen molar-refractivity contribution < 1.29 is 9.67 Å². The lowest BCUT2D eigenvalue weighted by Crippen LogP contribution is -2.32. The van der Waals surface area contributed by atoms with Gasteiger partial charge in [-0.1, -0.05) is 11.3 Å². The fourth-order valence-corrected chi connectivity index (χ4v) is 1.98. The lowest BCUT2D eigenvalue weighted by atomic mass is 10.2. The van der Waals surface area contributed by atoms with Crippen LogP contribution in [-0.2, 0) is 19.5 Å². The first-order valence-electron chi connectivity index (χ1n) is 6.82. The Morgan fingerprint density at radius 2 is 1.95 bits per heavy atom. The predicted octanol–water partition coefficient (Wildman–Crippen LogP) is 0.971. The molecule has 0 fully saturated rings. The lowest BCUT2D eigenvalue weighted by molar-refractivity contribution is -0.697. The summed E-state index contributed by atoms with van der Waals surface area (Å²) in [4.78, 5) is 0. The summed E-state index contributed by atoms with van der Waals surface area (Å²) in [5.74, 6) is 0. The third-order valence-electron chi connectivity index (χ3n) is 3.01. The first-order valence-corrected chi connectivity index (χ1v) is 6.82. The van der Waals surface area contributed by atoms with E-state index in [9.17, 15) is 0 Å². The average molecular weight is 261 g/mol. The van der Waals surface area contributed by atoms with E-state index in [1.807, 2.05) is 24.4 Å². The predicted molar refractivity (Wildman–Crippen MR) is 71.3 cm³/mol. The van der Waals surface area contributed by atoms with E-state index in [4.69, 9.17) is 5.11 Å². The highest BCUT2D eigenvalue weighted by atomic mass is 16.3. The SMILES string of the molecule is OCCCn1cc(CCCC[n+]2ccccc2)nn1. The molecule has 0 bridgehead atoms. The molecular formula is C14H21N4O+. The van der Waals surface area contributed by atoms with Crippen LogP contribution in [0.3, 0.4) is 0 Å². The summed E-state index contributed by atoms with van der Waals surface area (Å²) in [6.45, 7) is 1.98. The van der Waals surface area contributed by atoms with Gasteiger partial charge in [-0.05, 0) is 19.3 Å². The van der Waals surface area contributed by atoms with Gasteiger partial charge in [0.15, 0.2) is 12.4 Å². The van der Waals surface area contributed by atoms with Crippen LogP contribution < -0.4 is 4.57 Å². The maximum atomic E-state index is 8.75. The Kier molecular flexibility index (Phi) is 5.49. The van der Waals surface area contributed by atoms with Gasteiger partial charge < -0.3 is 5.11 Å². The molecule has 0 unspecified atom stereocenters. The van der Waals surface area contributed by atoms with Gasteiger partial charge in [-0.2, -0.15) is 0 Å². The van der Waals surface area contributed by atoms with Gasteiger partial charge in [0.25, 0.3) is 0 Å². The van der Waals surface area contributed by atoms with Crippen molar-refractivity contribution in [3.8, 4) is 0 Å². The number of unbranched alkanes of at least 4 members (excludes halogenated alkanes) is 1. The van der Waals surface area contributed by atoms with Crippen molar-refractivity contribution in [3.63, 3.8) is 0 Å². The van der Waals surface area contributed by atoms with Crippen LogP contribution >= 0.6 is 0 Å². The second kappa shape index (κ2) is 7.63. The van der Waals surface area contributed by atoms with Gasteiger partial charge in [0, 0.05) is 37.9 Å². The molecular weight excluding hydrogens is 240 g/mol. The van der Waals surface area contributed by atoms with Crippen LogP contribution in [0, 0.1) is 0 Å². The minimum atomic E-state index is 0.198. The monoisotopic (exact) mass is 261 g/mol. The Balaban J connectivity index is 1.66. The Hall–Kier alpha value is -1.75. The molecule has 0 aromatic carbocycles. The molecule has 2 rings (SSSR count).